The van der Waals surface area contributed by atoms with Crippen molar-refractivity contribution in [1.82, 2.24) is 0 Å². The van der Waals surface area contributed by atoms with Crippen molar-refractivity contribution in [1.29, 1.82) is 0 Å². The summed E-state index contributed by atoms with van der Waals surface area (Å²) in [5.74, 6) is 0.257. The summed E-state index contributed by atoms with van der Waals surface area (Å²) in [5, 5.41) is -0.0210. The molecule has 0 saturated carbocycles. The Bertz CT molecular complexity index is 351. The summed E-state index contributed by atoms with van der Waals surface area (Å²) in [6, 6.07) is 2.18. The molecule has 0 unspecified atom stereocenters. The molecule has 0 aliphatic carbocycles. The van der Waals surface area contributed by atoms with Crippen LogP contribution in [0.3, 0.4) is 0 Å². The molecule has 78 valence electrons. The Kier molecular flexibility index (Phi) is 2.99. The molecule has 0 radical (unpaired) electrons. The molecule has 1 aromatic rings. The van der Waals surface area contributed by atoms with Crippen LogP contribution in [0.1, 0.15) is 5.56 Å². The number of rotatable bonds is 2. The molecule has 0 spiro atoms. The molecule has 0 atom stereocenters. The number of benzene rings is 1. The highest BCUT2D eigenvalue weighted by atomic mass is 35.5. The van der Waals surface area contributed by atoms with Crippen molar-refractivity contribution in [3.05, 3.63) is 22.7 Å². The Morgan fingerprint density at radius 3 is 2.29 bits per heavy atom. The van der Waals surface area contributed by atoms with Gasteiger partial charge in [-0.25, -0.2) is 0 Å². The molecule has 1 rings (SSSR count). The van der Waals surface area contributed by atoms with Gasteiger partial charge in [0.15, 0.2) is 0 Å². The molecule has 0 amide bonds. The molecular formula is C8H8BClF3O-. The average Bonchev–Trinajstić information content (AvgIpc) is 2.06. The third-order valence-electron chi connectivity index (χ3n) is 1.89. The molecule has 0 aromatic heterocycles. The van der Waals surface area contributed by atoms with Crippen LogP contribution >= 0.6 is 11.6 Å². The quantitative estimate of drug-likeness (QED) is 0.701. The topological polar surface area (TPSA) is 9.23 Å². The lowest BCUT2D eigenvalue weighted by atomic mass is 9.77. The van der Waals surface area contributed by atoms with Crippen LogP contribution in [-0.2, 0) is 0 Å². The fraction of sp³-hybridized carbons (Fsp3) is 0.250. The minimum atomic E-state index is -5.01. The number of hydrogen-bond acceptors (Lipinski definition) is 1. The SMILES string of the molecule is COc1cc(C)c([B-](F)(F)F)cc1Cl. The normalized spacial score (nSPS) is 11.6. The molecular weight excluding hydrogens is 215 g/mol. The van der Waals surface area contributed by atoms with Gasteiger partial charge in [0.1, 0.15) is 5.75 Å². The molecule has 14 heavy (non-hydrogen) atoms. The summed E-state index contributed by atoms with van der Waals surface area (Å²) in [6.45, 7) is -3.63. The molecule has 0 aliphatic rings. The van der Waals surface area contributed by atoms with Gasteiger partial charge >= 0.3 is 6.98 Å². The van der Waals surface area contributed by atoms with E-state index in [2.05, 4.69) is 0 Å². The first kappa shape index (κ1) is 11.2. The monoisotopic (exact) mass is 223 g/mol. The van der Waals surface area contributed by atoms with Crippen LogP contribution < -0.4 is 10.2 Å². The molecule has 0 bridgehead atoms. The van der Waals surface area contributed by atoms with Crippen molar-refractivity contribution in [2.75, 3.05) is 7.11 Å². The fourth-order valence-electron chi connectivity index (χ4n) is 1.18. The van der Waals surface area contributed by atoms with Crippen LogP contribution in [0.25, 0.3) is 0 Å². The van der Waals surface area contributed by atoms with Crippen molar-refractivity contribution in [2.45, 2.75) is 6.92 Å². The van der Waals surface area contributed by atoms with Gasteiger partial charge in [0.2, 0.25) is 0 Å². The number of ether oxygens (including phenoxy) is 1. The van der Waals surface area contributed by atoms with Gasteiger partial charge in [-0.2, -0.15) is 0 Å². The molecule has 0 N–H and O–H groups in total. The van der Waals surface area contributed by atoms with E-state index in [-0.39, 0.29) is 16.3 Å². The number of hydrogen-bond donors (Lipinski definition) is 0. The van der Waals surface area contributed by atoms with Gasteiger partial charge in [0, 0.05) is 0 Å². The van der Waals surface area contributed by atoms with Gasteiger partial charge in [-0.3, -0.25) is 0 Å². The zero-order valence-corrected chi connectivity index (χ0v) is 8.41. The minimum Gasteiger partial charge on any atom is -0.495 e. The van der Waals surface area contributed by atoms with Gasteiger partial charge < -0.3 is 17.7 Å². The van der Waals surface area contributed by atoms with E-state index in [1.165, 1.54) is 20.1 Å². The van der Waals surface area contributed by atoms with Crippen molar-refractivity contribution < 1.29 is 17.7 Å². The Hall–Kier alpha value is -0.835. The predicted octanol–water partition coefficient (Wildman–Crippen LogP) is 2.71. The van der Waals surface area contributed by atoms with Crippen LogP contribution in [0.4, 0.5) is 12.9 Å². The van der Waals surface area contributed by atoms with Gasteiger partial charge in [0.05, 0.1) is 12.1 Å². The molecule has 1 nitrogen and oxygen atoms in total. The van der Waals surface area contributed by atoms with Crippen LogP contribution in [0, 0.1) is 6.92 Å². The summed E-state index contributed by atoms with van der Waals surface area (Å²) in [6.07, 6.45) is 0. The van der Waals surface area contributed by atoms with Crippen molar-refractivity contribution in [2.24, 2.45) is 0 Å². The van der Waals surface area contributed by atoms with E-state index in [1.54, 1.807) is 0 Å². The second kappa shape index (κ2) is 3.73. The van der Waals surface area contributed by atoms with E-state index < -0.39 is 12.4 Å². The smallest absolute Gasteiger partial charge is 0.495 e. The molecule has 0 heterocycles. The van der Waals surface area contributed by atoms with Gasteiger partial charge in [-0.05, 0) is 13.0 Å². The van der Waals surface area contributed by atoms with Gasteiger partial charge in [-0.1, -0.05) is 23.2 Å². The molecule has 0 fully saturated rings. The van der Waals surface area contributed by atoms with Crippen LogP contribution in [0.15, 0.2) is 12.1 Å². The third-order valence-corrected chi connectivity index (χ3v) is 2.19. The van der Waals surface area contributed by atoms with Crippen molar-refractivity contribution >= 4 is 24.0 Å². The van der Waals surface area contributed by atoms with E-state index in [1.807, 2.05) is 0 Å². The number of aryl methyl sites for hydroxylation is 1. The minimum absolute atomic E-state index is 0.0210. The highest BCUT2D eigenvalue weighted by Crippen LogP contribution is 2.26. The zero-order valence-electron chi connectivity index (χ0n) is 7.65. The van der Waals surface area contributed by atoms with E-state index >= 15 is 0 Å². The van der Waals surface area contributed by atoms with Gasteiger partial charge in [0.25, 0.3) is 0 Å². The average molecular weight is 223 g/mol. The van der Waals surface area contributed by atoms with E-state index in [9.17, 15) is 12.9 Å². The largest absolute Gasteiger partial charge is 0.509 e. The van der Waals surface area contributed by atoms with Gasteiger partial charge in [-0.15, -0.1) is 5.46 Å². The summed E-state index contributed by atoms with van der Waals surface area (Å²) in [7, 11) is 1.36. The molecule has 0 aliphatic heterocycles. The lowest BCUT2D eigenvalue weighted by Crippen LogP contribution is -2.36. The first-order valence-electron chi connectivity index (χ1n) is 3.90. The maximum atomic E-state index is 12.4. The standard InChI is InChI=1S/C8H8BClF3O/c1-5-3-8(14-2)7(10)4-6(5)9(11,12)13/h3-4H,1-2H3/q-1. The summed E-state index contributed by atoms with van der Waals surface area (Å²) in [4.78, 5) is 0. The Morgan fingerprint density at radius 2 is 1.86 bits per heavy atom. The van der Waals surface area contributed by atoms with Crippen LogP contribution in [0.5, 0.6) is 5.75 Å². The zero-order chi connectivity index (χ0) is 10.9. The lowest BCUT2D eigenvalue weighted by Gasteiger charge is -2.19. The Balaban J connectivity index is 3.29. The summed E-state index contributed by atoms with van der Waals surface area (Å²) in [5.41, 5.74) is -0.547. The predicted molar refractivity (Wildman–Crippen MR) is 51.5 cm³/mol. The van der Waals surface area contributed by atoms with E-state index in [0.29, 0.717) is 0 Å². The summed E-state index contributed by atoms with van der Waals surface area (Å²) >= 11 is 5.59. The third kappa shape index (κ3) is 2.15. The highest BCUT2D eigenvalue weighted by molar-refractivity contribution is 6.74. The molecule has 6 heteroatoms. The van der Waals surface area contributed by atoms with Crippen molar-refractivity contribution in [3.63, 3.8) is 0 Å². The number of methoxy groups -OCH3 is 1. The highest BCUT2D eigenvalue weighted by Gasteiger charge is 2.28. The fourth-order valence-corrected chi connectivity index (χ4v) is 1.43. The molecule has 0 saturated heterocycles. The second-order valence-electron chi connectivity index (χ2n) is 2.92. The number of halogens is 4. The molecule has 1 aromatic carbocycles. The van der Waals surface area contributed by atoms with E-state index in [0.717, 1.165) is 6.07 Å². The Labute approximate surface area is 84.9 Å². The van der Waals surface area contributed by atoms with E-state index in [4.69, 9.17) is 16.3 Å². The summed E-state index contributed by atoms with van der Waals surface area (Å²) < 4.78 is 42.1. The maximum absolute atomic E-state index is 12.4. The lowest BCUT2D eigenvalue weighted by molar-refractivity contribution is 0.414. The van der Waals surface area contributed by atoms with Crippen molar-refractivity contribution in [3.8, 4) is 5.75 Å². The Morgan fingerprint density at radius 1 is 1.29 bits per heavy atom. The van der Waals surface area contributed by atoms with Crippen LogP contribution in [-0.4, -0.2) is 14.1 Å². The first-order valence-corrected chi connectivity index (χ1v) is 4.28. The maximum Gasteiger partial charge on any atom is 0.509 e. The second-order valence-corrected chi connectivity index (χ2v) is 3.33. The first-order chi connectivity index (χ1) is 6.36. The van der Waals surface area contributed by atoms with Crippen LogP contribution in [0.2, 0.25) is 5.02 Å².